The molecule has 1 atom stereocenters. The Morgan fingerprint density at radius 2 is 2.15 bits per heavy atom. The summed E-state index contributed by atoms with van der Waals surface area (Å²) >= 11 is 6.11. The van der Waals surface area contributed by atoms with Crippen LogP contribution in [0.5, 0.6) is 5.75 Å². The molecule has 0 fully saturated rings. The van der Waals surface area contributed by atoms with E-state index in [4.69, 9.17) is 21.4 Å². The van der Waals surface area contributed by atoms with Gasteiger partial charge in [-0.1, -0.05) is 31.5 Å². The molecule has 0 bridgehead atoms. The molecule has 0 spiro atoms. The Labute approximate surface area is 125 Å². The third kappa shape index (κ3) is 5.02. The molecule has 1 aromatic rings. The number of hydrogen-bond acceptors (Lipinski definition) is 3. The van der Waals surface area contributed by atoms with Crippen molar-refractivity contribution in [2.45, 2.75) is 32.7 Å². The molecule has 112 valence electrons. The summed E-state index contributed by atoms with van der Waals surface area (Å²) in [5.41, 5.74) is 0.761. The molecule has 0 aliphatic carbocycles. The number of aliphatic hydroxyl groups excluding tert-OH is 1. The van der Waals surface area contributed by atoms with Gasteiger partial charge in [-0.15, -0.1) is 0 Å². The van der Waals surface area contributed by atoms with Crippen molar-refractivity contribution in [2.24, 2.45) is 5.92 Å². The van der Waals surface area contributed by atoms with Gasteiger partial charge in [0.1, 0.15) is 5.75 Å². The summed E-state index contributed by atoms with van der Waals surface area (Å²) in [5.74, 6) is 0.848. The molecule has 20 heavy (non-hydrogen) atoms. The Morgan fingerprint density at radius 3 is 2.65 bits per heavy atom. The fraction of sp³-hybridized carbons (Fsp3) is 0.533. The van der Waals surface area contributed by atoms with Crippen LogP contribution in [0.4, 0.5) is 0 Å². The number of hydrogen-bond donors (Lipinski definition) is 2. The first-order chi connectivity index (χ1) is 9.47. The van der Waals surface area contributed by atoms with Crippen LogP contribution < -0.4 is 10.1 Å². The first-order valence-corrected chi connectivity index (χ1v) is 7.08. The third-order valence-corrected chi connectivity index (χ3v) is 3.55. The third-order valence-electron chi connectivity index (χ3n) is 3.20. The van der Waals surface area contributed by atoms with Gasteiger partial charge in [-0.05, 0) is 30.0 Å². The van der Waals surface area contributed by atoms with E-state index in [1.54, 1.807) is 25.3 Å². The zero-order chi connectivity index (χ0) is 15.1. The molecule has 5 heteroatoms. The van der Waals surface area contributed by atoms with Crippen molar-refractivity contribution in [1.29, 1.82) is 0 Å². The molecule has 2 N–H and O–H groups in total. The fourth-order valence-corrected chi connectivity index (χ4v) is 2.18. The number of rotatable bonds is 7. The Hall–Kier alpha value is -1.26. The van der Waals surface area contributed by atoms with Gasteiger partial charge in [-0.25, -0.2) is 0 Å². The molecule has 0 aliphatic heterocycles. The van der Waals surface area contributed by atoms with E-state index in [-0.39, 0.29) is 30.9 Å². The van der Waals surface area contributed by atoms with Gasteiger partial charge in [0.25, 0.3) is 0 Å². The van der Waals surface area contributed by atoms with Crippen LogP contribution in [0, 0.1) is 5.92 Å². The maximum Gasteiger partial charge on any atom is 0.224 e. The van der Waals surface area contributed by atoms with Crippen LogP contribution in [0.25, 0.3) is 0 Å². The molecule has 0 saturated carbocycles. The standard InChI is InChI=1S/C15H22ClNO3/c1-10(2)14(6-7-18)17-15(19)8-11-4-5-12(20-3)9-13(11)16/h4-5,9-10,14,18H,6-8H2,1-3H3,(H,17,19). The highest BCUT2D eigenvalue weighted by Crippen LogP contribution is 2.22. The van der Waals surface area contributed by atoms with Crippen molar-refractivity contribution >= 4 is 17.5 Å². The van der Waals surface area contributed by atoms with Crippen LogP contribution >= 0.6 is 11.6 Å². The minimum absolute atomic E-state index is 0.0236. The quantitative estimate of drug-likeness (QED) is 0.813. The summed E-state index contributed by atoms with van der Waals surface area (Å²) < 4.78 is 5.07. The smallest absolute Gasteiger partial charge is 0.224 e. The van der Waals surface area contributed by atoms with E-state index < -0.39 is 0 Å². The summed E-state index contributed by atoms with van der Waals surface area (Å²) in [7, 11) is 1.57. The predicted octanol–water partition coefficient (Wildman–Crippen LogP) is 2.41. The normalized spacial score (nSPS) is 12.3. The van der Waals surface area contributed by atoms with Gasteiger partial charge in [-0.2, -0.15) is 0 Å². The largest absolute Gasteiger partial charge is 0.497 e. The minimum Gasteiger partial charge on any atom is -0.497 e. The lowest BCUT2D eigenvalue weighted by Crippen LogP contribution is -2.40. The van der Waals surface area contributed by atoms with Gasteiger partial charge in [0.2, 0.25) is 5.91 Å². The zero-order valence-electron chi connectivity index (χ0n) is 12.1. The Balaban J connectivity index is 2.66. The van der Waals surface area contributed by atoms with Crippen LogP contribution in [-0.2, 0) is 11.2 Å². The molecule has 0 saturated heterocycles. The number of benzene rings is 1. The molecule has 1 amide bonds. The van der Waals surface area contributed by atoms with E-state index in [1.807, 2.05) is 13.8 Å². The second-order valence-electron chi connectivity index (χ2n) is 5.06. The van der Waals surface area contributed by atoms with Gasteiger partial charge in [0, 0.05) is 17.7 Å². The van der Waals surface area contributed by atoms with Crippen molar-refractivity contribution in [1.82, 2.24) is 5.32 Å². The van der Waals surface area contributed by atoms with Gasteiger partial charge >= 0.3 is 0 Å². The lowest BCUT2D eigenvalue weighted by molar-refractivity contribution is -0.121. The molecule has 0 heterocycles. The number of nitrogens with one attached hydrogen (secondary N) is 1. The van der Waals surface area contributed by atoms with Crippen LogP contribution in [0.3, 0.4) is 0 Å². The molecule has 1 rings (SSSR count). The average Bonchev–Trinajstić information content (AvgIpc) is 2.40. The average molecular weight is 300 g/mol. The van der Waals surface area contributed by atoms with Crippen LogP contribution in [-0.4, -0.2) is 30.8 Å². The van der Waals surface area contributed by atoms with E-state index >= 15 is 0 Å². The number of ether oxygens (including phenoxy) is 1. The summed E-state index contributed by atoms with van der Waals surface area (Å²) in [5, 5.41) is 12.5. The topological polar surface area (TPSA) is 58.6 Å². The van der Waals surface area contributed by atoms with Gasteiger partial charge in [0.15, 0.2) is 0 Å². The maximum atomic E-state index is 12.0. The second-order valence-corrected chi connectivity index (χ2v) is 5.47. The van der Waals surface area contributed by atoms with Crippen LogP contribution in [0.2, 0.25) is 5.02 Å². The van der Waals surface area contributed by atoms with Gasteiger partial charge < -0.3 is 15.2 Å². The summed E-state index contributed by atoms with van der Waals surface area (Å²) in [6.45, 7) is 4.09. The SMILES string of the molecule is COc1ccc(CC(=O)NC(CCO)C(C)C)c(Cl)c1. The van der Waals surface area contributed by atoms with Crippen molar-refractivity contribution in [3.8, 4) is 5.75 Å². The number of carbonyl (C=O) groups is 1. The summed E-state index contributed by atoms with van der Waals surface area (Å²) in [6, 6.07) is 5.24. The number of halogens is 1. The van der Waals surface area contributed by atoms with E-state index in [0.29, 0.717) is 17.2 Å². The van der Waals surface area contributed by atoms with Crippen molar-refractivity contribution in [2.75, 3.05) is 13.7 Å². The monoisotopic (exact) mass is 299 g/mol. The zero-order valence-corrected chi connectivity index (χ0v) is 12.9. The molecular formula is C15H22ClNO3. The van der Waals surface area contributed by atoms with Crippen molar-refractivity contribution < 1.29 is 14.6 Å². The first-order valence-electron chi connectivity index (χ1n) is 6.70. The molecule has 0 aliphatic rings. The lowest BCUT2D eigenvalue weighted by Gasteiger charge is -2.21. The maximum absolute atomic E-state index is 12.0. The fourth-order valence-electron chi connectivity index (χ4n) is 1.94. The molecule has 1 aromatic carbocycles. The number of amides is 1. The molecular weight excluding hydrogens is 278 g/mol. The Bertz CT molecular complexity index is 449. The first kappa shape index (κ1) is 16.8. The Kier molecular flexibility index (Phi) is 6.82. The minimum atomic E-state index is -0.0933. The summed E-state index contributed by atoms with van der Waals surface area (Å²) in [6.07, 6.45) is 0.775. The van der Waals surface area contributed by atoms with E-state index in [2.05, 4.69) is 5.32 Å². The molecule has 0 radical (unpaired) electrons. The Morgan fingerprint density at radius 1 is 1.45 bits per heavy atom. The lowest BCUT2D eigenvalue weighted by atomic mass is 10.0. The van der Waals surface area contributed by atoms with Crippen molar-refractivity contribution in [3.05, 3.63) is 28.8 Å². The number of carbonyl (C=O) groups excluding carboxylic acids is 1. The number of methoxy groups -OCH3 is 1. The second kappa shape index (κ2) is 8.12. The van der Waals surface area contributed by atoms with Crippen LogP contribution in [0.15, 0.2) is 18.2 Å². The van der Waals surface area contributed by atoms with E-state index in [0.717, 1.165) is 5.56 Å². The number of aliphatic hydroxyl groups is 1. The van der Waals surface area contributed by atoms with Crippen LogP contribution in [0.1, 0.15) is 25.8 Å². The highest BCUT2D eigenvalue weighted by atomic mass is 35.5. The summed E-state index contributed by atoms with van der Waals surface area (Å²) in [4.78, 5) is 12.0. The predicted molar refractivity (Wildman–Crippen MR) is 80.2 cm³/mol. The van der Waals surface area contributed by atoms with Gasteiger partial charge in [0.05, 0.1) is 13.5 Å². The molecule has 1 unspecified atom stereocenters. The highest BCUT2D eigenvalue weighted by molar-refractivity contribution is 6.31. The highest BCUT2D eigenvalue weighted by Gasteiger charge is 2.16. The molecule has 0 aromatic heterocycles. The molecule has 4 nitrogen and oxygen atoms in total. The van der Waals surface area contributed by atoms with E-state index in [1.165, 1.54) is 0 Å². The van der Waals surface area contributed by atoms with Crippen molar-refractivity contribution in [3.63, 3.8) is 0 Å². The van der Waals surface area contributed by atoms with E-state index in [9.17, 15) is 4.79 Å². The van der Waals surface area contributed by atoms with Gasteiger partial charge in [-0.3, -0.25) is 4.79 Å².